The van der Waals surface area contributed by atoms with Gasteiger partial charge in [0.25, 0.3) is 0 Å². The molecule has 19 heavy (non-hydrogen) atoms. The summed E-state index contributed by atoms with van der Waals surface area (Å²) in [4.78, 5) is 4.26. The number of aromatic nitrogens is 4. The average Bonchev–Trinajstić information content (AvgIpc) is 2.97. The molecule has 2 aromatic heterocycles. The maximum Gasteiger partial charge on any atom is 0.216 e. The summed E-state index contributed by atoms with van der Waals surface area (Å²) in [6, 6.07) is 0. The molecule has 0 aliphatic rings. The van der Waals surface area contributed by atoms with Crippen LogP contribution in [0.1, 0.15) is 56.8 Å². The summed E-state index contributed by atoms with van der Waals surface area (Å²) in [5.41, 5.74) is 0.745. The van der Waals surface area contributed by atoms with Crippen LogP contribution in [-0.2, 0) is 12.0 Å². The monoisotopic (exact) mass is 282 g/mol. The quantitative estimate of drug-likeness (QED) is 0.808. The van der Waals surface area contributed by atoms with Crippen LogP contribution in [0.25, 0.3) is 0 Å². The normalized spacial score (nSPS) is 13.7. The maximum absolute atomic E-state index is 6.12. The molecule has 0 fully saturated rings. The summed E-state index contributed by atoms with van der Waals surface area (Å²) in [5, 5.41) is 7.99. The van der Waals surface area contributed by atoms with E-state index >= 15 is 0 Å². The Balaban J connectivity index is 2.09. The molecule has 1 atom stereocenters. The highest BCUT2D eigenvalue weighted by atomic mass is 35.5. The van der Waals surface area contributed by atoms with Crippen molar-refractivity contribution in [2.45, 2.75) is 51.5 Å². The molecule has 0 saturated heterocycles. The molecular formula is C13H19ClN4O. The fourth-order valence-electron chi connectivity index (χ4n) is 1.61. The molecule has 0 amide bonds. The molecule has 2 aromatic rings. The molecule has 104 valence electrons. The Morgan fingerprint density at radius 1 is 1.42 bits per heavy atom. The van der Waals surface area contributed by atoms with E-state index in [0.717, 1.165) is 17.9 Å². The van der Waals surface area contributed by atoms with Gasteiger partial charge in [0.15, 0.2) is 0 Å². The number of hydrogen-bond acceptors (Lipinski definition) is 4. The topological polar surface area (TPSA) is 56.7 Å². The van der Waals surface area contributed by atoms with Crippen LogP contribution >= 0.6 is 11.6 Å². The Hall–Kier alpha value is -1.36. The van der Waals surface area contributed by atoms with Gasteiger partial charge in [0, 0.05) is 5.41 Å². The lowest BCUT2D eigenvalue weighted by Crippen LogP contribution is -2.09. The standard InChI is InChI=1S/C13H19ClN4O/c1-5-9(14)10-7-18(17-16-10)8-12-15-6-11(19-12)13(2,3)4/h6-7,9H,5,8H2,1-4H3. The molecule has 6 heteroatoms. The van der Waals surface area contributed by atoms with Gasteiger partial charge in [-0.2, -0.15) is 0 Å². The molecule has 0 N–H and O–H groups in total. The third-order valence-electron chi connectivity index (χ3n) is 2.83. The zero-order valence-corrected chi connectivity index (χ0v) is 12.5. The fraction of sp³-hybridized carbons (Fsp3) is 0.615. The third kappa shape index (κ3) is 3.35. The number of alkyl halides is 1. The van der Waals surface area contributed by atoms with Crippen LogP contribution in [0, 0.1) is 0 Å². The molecule has 2 heterocycles. The van der Waals surface area contributed by atoms with Gasteiger partial charge >= 0.3 is 0 Å². The highest BCUT2D eigenvalue weighted by Gasteiger charge is 2.19. The second-order valence-corrected chi connectivity index (χ2v) is 6.11. The molecule has 0 aliphatic carbocycles. The molecule has 1 unspecified atom stereocenters. The van der Waals surface area contributed by atoms with Crippen molar-refractivity contribution in [3.05, 3.63) is 29.7 Å². The zero-order chi connectivity index (χ0) is 14.0. The number of hydrogen-bond donors (Lipinski definition) is 0. The molecule has 0 bridgehead atoms. The van der Waals surface area contributed by atoms with E-state index in [9.17, 15) is 0 Å². The van der Waals surface area contributed by atoms with E-state index < -0.39 is 0 Å². The van der Waals surface area contributed by atoms with Crippen molar-refractivity contribution in [1.82, 2.24) is 20.0 Å². The van der Waals surface area contributed by atoms with E-state index in [1.54, 1.807) is 10.9 Å². The van der Waals surface area contributed by atoms with Gasteiger partial charge in [-0.15, -0.1) is 16.7 Å². The number of halogens is 1. The summed E-state index contributed by atoms with van der Waals surface area (Å²) >= 11 is 6.12. The second kappa shape index (κ2) is 5.33. The van der Waals surface area contributed by atoms with Gasteiger partial charge in [0.1, 0.15) is 18.0 Å². The van der Waals surface area contributed by atoms with E-state index in [-0.39, 0.29) is 10.8 Å². The Bertz CT molecular complexity index is 541. The van der Waals surface area contributed by atoms with Crippen molar-refractivity contribution in [3.8, 4) is 0 Å². The first-order valence-electron chi connectivity index (χ1n) is 6.39. The Morgan fingerprint density at radius 2 is 2.16 bits per heavy atom. The van der Waals surface area contributed by atoms with Crippen molar-refractivity contribution < 1.29 is 4.42 Å². The SMILES string of the molecule is CCC(Cl)c1cn(Cc2ncc(C(C)(C)C)o2)nn1. The first-order chi connectivity index (χ1) is 8.90. The molecule has 5 nitrogen and oxygen atoms in total. The van der Waals surface area contributed by atoms with Crippen molar-refractivity contribution in [1.29, 1.82) is 0 Å². The van der Waals surface area contributed by atoms with E-state index in [2.05, 4.69) is 36.1 Å². The first-order valence-corrected chi connectivity index (χ1v) is 6.83. The highest BCUT2D eigenvalue weighted by Crippen LogP contribution is 2.23. The van der Waals surface area contributed by atoms with E-state index in [1.165, 1.54) is 0 Å². The summed E-state index contributed by atoms with van der Waals surface area (Å²) in [5.74, 6) is 1.50. The maximum atomic E-state index is 6.12. The Kier molecular flexibility index (Phi) is 3.94. The number of oxazole rings is 1. The van der Waals surface area contributed by atoms with Crippen LogP contribution in [0.15, 0.2) is 16.8 Å². The van der Waals surface area contributed by atoms with Crippen LogP contribution in [0.2, 0.25) is 0 Å². The lowest BCUT2D eigenvalue weighted by atomic mass is 9.94. The predicted molar refractivity (Wildman–Crippen MR) is 73.2 cm³/mol. The van der Waals surface area contributed by atoms with Crippen molar-refractivity contribution in [2.75, 3.05) is 0 Å². The van der Waals surface area contributed by atoms with E-state index in [0.29, 0.717) is 12.4 Å². The zero-order valence-electron chi connectivity index (χ0n) is 11.7. The van der Waals surface area contributed by atoms with Crippen molar-refractivity contribution in [2.24, 2.45) is 0 Å². The van der Waals surface area contributed by atoms with Gasteiger partial charge in [-0.1, -0.05) is 32.9 Å². The van der Waals surface area contributed by atoms with Crippen molar-refractivity contribution >= 4 is 11.6 Å². The smallest absolute Gasteiger partial charge is 0.216 e. The number of rotatable bonds is 4. The highest BCUT2D eigenvalue weighted by molar-refractivity contribution is 6.20. The van der Waals surface area contributed by atoms with Gasteiger partial charge < -0.3 is 4.42 Å². The van der Waals surface area contributed by atoms with Crippen LogP contribution in [0.5, 0.6) is 0 Å². The second-order valence-electron chi connectivity index (χ2n) is 5.59. The minimum Gasteiger partial charge on any atom is -0.443 e. The largest absolute Gasteiger partial charge is 0.443 e. The van der Waals surface area contributed by atoms with Crippen LogP contribution in [0.3, 0.4) is 0 Å². The minimum absolute atomic E-state index is 0.0395. The summed E-state index contributed by atoms with van der Waals surface area (Å²) in [6.07, 6.45) is 4.43. The molecule has 2 rings (SSSR count). The lowest BCUT2D eigenvalue weighted by Gasteiger charge is -2.13. The fourth-order valence-corrected chi connectivity index (χ4v) is 1.71. The van der Waals surface area contributed by atoms with E-state index in [1.807, 2.05) is 13.1 Å². The van der Waals surface area contributed by atoms with Crippen LogP contribution < -0.4 is 0 Å². The summed E-state index contributed by atoms with van der Waals surface area (Å²) in [6.45, 7) is 8.75. The minimum atomic E-state index is -0.0940. The first kappa shape index (κ1) is 14.1. The summed E-state index contributed by atoms with van der Waals surface area (Å²) < 4.78 is 7.41. The number of nitrogens with zero attached hydrogens (tertiary/aromatic N) is 4. The van der Waals surface area contributed by atoms with Crippen LogP contribution in [-0.4, -0.2) is 20.0 Å². The lowest BCUT2D eigenvalue weighted by molar-refractivity contribution is 0.371. The van der Waals surface area contributed by atoms with Gasteiger partial charge in [-0.25, -0.2) is 9.67 Å². The Morgan fingerprint density at radius 3 is 2.74 bits per heavy atom. The third-order valence-corrected chi connectivity index (χ3v) is 3.36. The van der Waals surface area contributed by atoms with Gasteiger partial charge in [0.2, 0.25) is 5.89 Å². The molecule has 0 aromatic carbocycles. The molecular weight excluding hydrogens is 264 g/mol. The van der Waals surface area contributed by atoms with E-state index in [4.69, 9.17) is 16.0 Å². The van der Waals surface area contributed by atoms with Gasteiger partial charge in [0.05, 0.1) is 17.8 Å². The van der Waals surface area contributed by atoms with Crippen LogP contribution in [0.4, 0.5) is 0 Å². The average molecular weight is 283 g/mol. The molecule has 0 saturated carbocycles. The molecule has 0 aliphatic heterocycles. The van der Waals surface area contributed by atoms with Gasteiger partial charge in [-0.05, 0) is 6.42 Å². The molecule has 0 spiro atoms. The van der Waals surface area contributed by atoms with Crippen molar-refractivity contribution in [3.63, 3.8) is 0 Å². The van der Waals surface area contributed by atoms with Gasteiger partial charge in [-0.3, -0.25) is 0 Å². The predicted octanol–water partition coefficient (Wildman–Crippen LogP) is 3.30. The molecule has 0 radical (unpaired) electrons. The Labute approximate surface area is 118 Å². The summed E-state index contributed by atoms with van der Waals surface area (Å²) in [7, 11) is 0.